The van der Waals surface area contributed by atoms with Gasteiger partial charge in [0.1, 0.15) is 11.8 Å². The van der Waals surface area contributed by atoms with Gasteiger partial charge in [0.05, 0.1) is 6.61 Å². The number of rotatable bonds is 3. The van der Waals surface area contributed by atoms with Crippen LogP contribution in [0, 0.1) is 0 Å². The molecule has 1 atom stereocenters. The topological polar surface area (TPSA) is 90.5 Å². The van der Waals surface area contributed by atoms with Crippen LogP contribution in [0.3, 0.4) is 0 Å². The molecule has 0 bridgehead atoms. The molecule has 0 saturated carbocycles. The van der Waals surface area contributed by atoms with Crippen molar-refractivity contribution in [2.45, 2.75) is 44.9 Å². The first kappa shape index (κ1) is 23.2. The van der Waals surface area contributed by atoms with Gasteiger partial charge in [-0.05, 0) is 12.1 Å². The molecule has 3 aliphatic rings. The molecule has 178 valence electrons. The van der Waals surface area contributed by atoms with E-state index in [1.807, 2.05) is 13.0 Å². The van der Waals surface area contributed by atoms with E-state index < -0.39 is 11.8 Å². The van der Waals surface area contributed by atoms with Crippen LogP contribution < -0.4 is 0 Å². The first-order valence-corrected chi connectivity index (χ1v) is 11.7. The summed E-state index contributed by atoms with van der Waals surface area (Å²) in [7, 11) is 0. The summed E-state index contributed by atoms with van der Waals surface area (Å²) in [5.41, 5.74) is -0.396. The van der Waals surface area contributed by atoms with Crippen LogP contribution in [-0.2, 0) is 19.1 Å². The van der Waals surface area contributed by atoms with Crippen LogP contribution in [0.2, 0.25) is 0 Å². The number of likely N-dealkylation sites (tertiary alicyclic amines) is 1. The molecular weight excluding hydrogens is 424 g/mol. The lowest BCUT2D eigenvalue weighted by molar-refractivity contribution is -0.146. The van der Waals surface area contributed by atoms with Gasteiger partial charge in [0.15, 0.2) is 0 Å². The lowest BCUT2D eigenvalue weighted by Crippen LogP contribution is -2.61. The van der Waals surface area contributed by atoms with E-state index in [2.05, 4.69) is 0 Å². The van der Waals surface area contributed by atoms with Crippen molar-refractivity contribution in [2.75, 3.05) is 45.9 Å². The Labute approximate surface area is 194 Å². The maximum absolute atomic E-state index is 13.7. The van der Waals surface area contributed by atoms with Crippen LogP contribution in [-0.4, -0.2) is 101 Å². The highest BCUT2D eigenvalue weighted by Crippen LogP contribution is 2.39. The summed E-state index contributed by atoms with van der Waals surface area (Å²) in [6, 6.07) is 8.22. The molecule has 0 N–H and O–H groups in total. The molecular formula is C24H32N4O5. The molecule has 4 amide bonds. The first-order chi connectivity index (χ1) is 15.9. The number of ether oxygens (including phenoxy) is 1. The van der Waals surface area contributed by atoms with Crippen molar-refractivity contribution in [2.24, 2.45) is 0 Å². The highest BCUT2D eigenvalue weighted by atomic mass is 16.5. The van der Waals surface area contributed by atoms with Crippen LogP contribution in [0.5, 0.6) is 0 Å². The number of carbonyl (C=O) groups excluding carboxylic acids is 4. The minimum Gasteiger partial charge on any atom is -0.353 e. The summed E-state index contributed by atoms with van der Waals surface area (Å²) in [5.74, 6) is -0.296. The Bertz CT molecular complexity index is 905. The third-order valence-corrected chi connectivity index (χ3v) is 7.02. The number of carbonyl (C=O) groups is 4. The van der Waals surface area contributed by atoms with E-state index in [9.17, 15) is 19.2 Å². The molecule has 3 aliphatic heterocycles. The van der Waals surface area contributed by atoms with E-state index in [1.54, 1.807) is 43.9 Å². The van der Waals surface area contributed by atoms with E-state index in [4.69, 9.17) is 4.74 Å². The van der Waals surface area contributed by atoms with Gasteiger partial charge in [0.25, 0.3) is 5.91 Å². The summed E-state index contributed by atoms with van der Waals surface area (Å²) in [6.07, 6.45) is 1.38. The molecule has 0 radical (unpaired) electrons. The maximum atomic E-state index is 13.7. The summed E-state index contributed by atoms with van der Waals surface area (Å²) >= 11 is 0. The van der Waals surface area contributed by atoms with Gasteiger partial charge in [-0.1, -0.05) is 25.1 Å². The van der Waals surface area contributed by atoms with E-state index in [0.29, 0.717) is 64.1 Å². The van der Waals surface area contributed by atoms with Crippen molar-refractivity contribution < 1.29 is 23.9 Å². The Kier molecular flexibility index (Phi) is 6.69. The van der Waals surface area contributed by atoms with E-state index >= 15 is 0 Å². The Hall–Kier alpha value is -2.94. The Balaban J connectivity index is 1.57. The number of benzene rings is 1. The van der Waals surface area contributed by atoms with Gasteiger partial charge >= 0.3 is 0 Å². The number of nitrogens with zero attached hydrogens (tertiary/aromatic N) is 4. The second kappa shape index (κ2) is 9.51. The fourth-order valence-electron chi connectivity index (χ4n) is 5.06. The fourth-order valence-corrected chi connectivity index (χ4v) is 5.06. The number of piperazine rings is 1. The zero-order chi connectivity index (χ0) is 23.6. The molecule has 9 nitrogen and oxygen atoms in total. The minimum atomic E-state index is -0.904. The van der Waals surface area contributed by atoms with Gasteiger partial charge in [-0.15, -0.1) is 0 Å². The van der Waals surface area contributed by atoms with Crippen LogP contribution >= 0.6 is 0 Å². The van der Waals surface area contributed by atoms with Crippen molar-refractivity contribution >= 4 is 23.6 Å². The van der Waals surface area contributed by atoms with E-state index in [1.165, 1.54) is 6.92 Å². The monoisotopic (exact) mass is 456 g/mol. The smallest absolute Gasteiger partial charge is 0.256 e. The van der Waals surface area contributed by atoms with Gasteiger partial charge in [0, 0.05) is 71.0 Å². The molecule has 1 spiro atoms. The quantitative estimate of drug-likeness (QED) is 0.676. The number of hydrogen-bond acceptors (Lipinski definition) is 5. The SMILES string of the molecule is CCC(=O)N1CCC2(CC1)OCC(C(=O)N1CCN(C(C)=O)CC1)N2C(=O)c1ccccc1. The standard InChI is InChI=1S/C24H32N4O5/c1-3-21(30)26-11-9-24(10-12-26)28(22(31)19-7-5-4-6-8-19)20(17-33-24)23(32)27-15-13-25(14-16-27)18(2)29/h4-8,20H,3,9-17H2,1-2H3. The summed E-state index contributed by atoms with van der Waals surface area (Å²) < 4.78 is 6.24. The number of amides is 4. The van der Waals surface area contributed by atoms with Crippen LogP contribution in [0.25, 0.3) is 0 Å². The molecule has 1 unspecified atom stereocenters. The molecule has 0 aromatic heterocycles. The van der Waals surface area contributed by atoms with Crippen molar-refractivity contribution in [3.63, 3.8) is 0 Å². The predicted molar refractivity (Wildman–Crippen MR) is 120 cm³/mol. The number of hydrogen-bond donors (Lipinski definition) is 0. The largest absolute Gasteiger partial charge is 0.353 e. The molecule has 3 saturated heterocycles. The molecule has 1 aromatic rings. The third kappa shape index (κ3) is 4.46. The second-order valence-electron chi connectivity index (χ2n) is 8.88. The lowest BCUT2D eigenvalue weighted by Gasteiger charge is -2.45. The van der Waals surface area contributed by atoms with Gasteiger partial charge < -0.3 is 19.4 Å². The molecule has 33 heavy (non-hydrogen) atoms. The van der Waals surface area contributed by atoms with Crippen LogP contribution in [0.15, 0.2) is 30.3 Å². The molecule has 1 aromatic carbocycles. The molecule has 4 rings (SSSR count). The van der Waals surface area contributed by atoms with E-state index in [-0.39, 0.29) is 30.2 Å². The molecule has 3 fully saturated rings. The predicted octanol–water partition coefficient (Wildman–Crippen LogP) is 0.947. The lowest BCUT2D eigenvalue weighted by atomic mass is 9.96. The molecule has 9 heteroatoms. The normalized spacial score (nSPS) is 22.5. The Morgan fingerprint density at radius 1 is 0.909 bits per heavy atom. The Morgan fingerprint density at radius 3 is 2.09 bits per heavy atom. The average Bonchev–Trinajstić information content (AvgIpc) is 3.22. The van der Waals surface area contributed by atoms with Crippen molar-refractivity contribution in [3.05, 3.63) is 35.9 Å². The summed E-state index contributed by atoms with van der Waals surface area (Å²) in [5, 5.41) is 0. The number of piperidine rings is 1. The zero-order valence-electron chi connectivity index (χ0n) is 19.4. The van der Waals surface area contributed by atoms with Gasteiger partial charge in [-0.2, -0.15) is 0 Å². The fraction of sp³-hybridized carbons (Fsp3) is 0.583. The zero-order valence-corrected chi connectivity index (χ0v) is 19.4. The Morgan fingerprint density at radius 2 is 1.52 bits per heavy atom. The third-order valence-electron chi connectivity index (χ3n) is 7.02. The van der Waals surface area contributed by atoms with Crippen molar-refractivity contribution in [3.8, 4) is 0 Å². The second-order valence-corrected chi connectivity index (χ2v) is 8.88. The summed E-state index contributed by atoms with van der Waals surface area (Å²) in [4.78, 5) is 57.9. The first-order valence-electron chi connectivity index (χ1n) is 11.7. The highest BCUT2D eigenvalue weighted by molar-refractivity contribution is 5.98. The molecule has 3 heterocycles. The molecule has 0 aliphatic carbocycles. The van der Waals surface area contributed by atoms with Crippen molar-refractivity contribution in [1.82, 2.24) is 19.6 Å². The average molecular weight is 457 g/mol. The highest BCUT2D eigenvalue weighted by Gasteiger charge is 2.54. The minimum absolute atomic E-state index is 0.000445. The summed E-state index contributed by atoms with van der Waals surface area (Å²) in [6.45, 7) is 6.33. The van der Waals surface area contributed by atoms with Gasteiger partial charge in [-0.3, -0.25) is 24.1 Å². The van der Waals surface area contributed by atoms with Gasteiger partial charge in [-0.25, -0.2) is 0 Å². The van der Waals surface area contributed by atoms with Crippen molar-refractivity contribution in [1.29, 1.82) is 0 Å². The van der Waals surface area contributed by atoms with Crippen LogP contribution in [0.4, 0.5) is 0 Å². The maximum Gasteiger partial charge on any atom is 0.256 e. The van der Waals surface area contributed by atoms with Gasteiger partial charge in [0.2, 0.25) is 17.7 Å². The van der Waals surface area contributed by atoms with Crippen LogP contribution in [0.1, 0.15) is 43.5 Å². The van der Waals surface area contributed by atoms with E-state index in [0.717, 1.165) is 0 Å².